The fourth-order valence-electron chi connectivity index (χ4n) is 1.54. The van der Waals surface area contributed by atoms with Gasteiger partial charge in [0.05, 0.1) is 0 Å². The summed E-state index contributed by atoms with van der Waals surface area (Å²) in [5.41, 5.74) is 6.37. The highest BCUT2D eigenvalue weighted by Crippen LogP contribution is 2.28. The summed E-state index contributed by atoms with van der Waals surface area (Å²) in [4.78, 5) is 22.6. The summed E-state index contributed by atoms with van der Waals surface area (Å²) < 4.78 is -0.612. The molecule has 0 fully saturated rings. The largest absolute Gasteiger partial charge is 0.480 e. The number of amides is 1. The van der Waals surface area contributed by atoms with Crippen molar-refractivity contribution >= 4 is 29.3 Å². The van der Waals surface area contributed by atoms with E-state index in [-0.39, 0.29) is 5.91 Å². The Hall–Kier alpha value is -1.53. The number of hydrogen-bond donors (Lipinski definition) is 3. The van der Waals surface area contributed by atoms with Crippen molar-refractivity contribution in [2.75, 3.05) is 11.1 Å². The number of carboxylic acids is 1. The average Bonchev–Trinajstić information content (AvgIpc) is 2.38. The molecule has 0 saturated heterocycles. The molecule has 0 saturated carbocycles. The Morgan fingerprint density at radius 1 is 1.35 bits per heavy atom. The molecule has 1 aromatic carbocycles. The molecule has 1 atom stereocenters. The number of thioether (sulfide) groups is 1. The topological polar surface area (TPSA) is 92.4 Å². The third kappa shape index (κ3) is 5.22. The number of hydrogen-bond acceptors (Lipinski definition) is 4. The van der Waals surface area contributed by atoms with Crippen molar-refractivity contribution in [3.63, 3.8) is 0 Å². The molecule has 0 spiro atoms. The van der Waals surface area contributed by atoms with E-state index in [0.717, 1.165) is 5.69 Å². The molecule has 1 aromatic rings. The highest BCUT2D eigenvalue weighted by Gasteiger charge is 2.32. The van der Waals surface area contributed by atoms with Crippen LogP contribution >= 0.6 is 11.8 Å². The molecule has 0 bridgehead atoms. The highest BCUT2D eigenvalue weighted by atomic mass is 32.2. The van der Waals surface area contributed by atoms with E-state index >= 15 is 0 Å². The van der Waals surface area contributed by atoms with E-state index in [1.165, 1.54) is 11.8 Å². The first-order valence-electron chi connectivity index (χ1n) is 6.30. The van der Waals surface area contributed by atoms with Crippen molar-refractivity contribution in [3.8, 4) is 0 Å². The van der Waals surface area contributed by atoms with Crippen LogP contribution in [0, 0.1) is 0 Å². The van der Waals surface area contributed by atoms with Crippen LogP contribution in [0.15, 0.2) is 30.3 Å². The molecule has 0 aromatic heterocycles. The van der Waals surface area contributed by atoms with Gasteiger partial charge in [0.2, 0.25) is 5.91 Å². The van der Waals surface area contributed by atoms with Crippen molar-refractivity contribution in [3.05, 3.63) is 30.3 Å². The Morgan fingerprint density at radius 3 is 2.50 bits per heavy atom. The second kappa shape index (κ2) is 7.31. The fraction of sp³-hybridized carbons (Fsp3) is 0.429. The zero-order chi connectivity index (χ0) is 15.2. The quantitative estimate of drug-likeness (QED) is 0.715. The van der Waals surface area contributed by atoms with E-state index in [4.69, 9.17) is 10.8 Å². The Bertz CT molecular complexity index is 463. The van der Waals surface area contributed by atoms with Gasteiger partial charge in [-0.3, -0.25) is 9.59 Å². The average molecular weight is 296 g/mol. The SMILES string of the molecule is CC(C)(SCCC(=O)Nc1ccccc1)[C@H](N)C(=O)O. The molecule has 4 N–H and O–H groups in total. The van der Waals surface area contributed by atoms with Gasteiger partial charge in [-0.2, -0.15) is 11.8 Å². The number of nitrogens with one attached hydrogen (secondary N) is 1. The van der Waals surface area contributed by atoms with E-state index < -0.39 is 16.8 Å². The van der Waals surface area contributed by atoms with Crippen LogP contribution in [0.1, 0.15) is 20.3 Å². The van der Waals surface area contributed by atoms with Gasteiger partial charge in [-0.05, 0) is 26.0 Å². The van der Waals surface area contributed by atoms with E-state index in [9.17, 15) is 9.59 Å². The maximum Gasteiger partial charge on any atom is 0.321 e. The van der Waals surface area contributed by atoms with E-state index in [0.29, 0.717) is 12.2 Å². The van der Waals surface area contributed by atoms with Crippen LogP contribution < -0.4 is 11.1 Å². The second-order valence-electron chi connectivity index (χ2n) is 4.93. The third-order valence-electron chi connectivity index (χ3n) is 2.88. The fourth-order valence-corrected chi connectivity index (χ4v) is 2.63. The lowest BCUT2D eigenvalue weighted by molar-refractivity contribution is -0.139. The number of carbonyl (C=O) groups is 2. The Labute approximate surface area is 122 Å². The standard InChI is InChI=1S/C14H20N2O3S/c1-14(2,12(15)13(18)19)20-9-8-11(17)16-10-6-4-3-5-7-10/h3-7,12H,8-9,15H2,1-2H3,(H,16,17)(H,18,19)/t12-/m1/s1. The van der Waals surface area contributed by atoms with E-state index in [2.05, 4.69) is 5.32 Å². The summed E-state index contributed by atoms with van der Waals surface area (Å²) in [6.45, 7) is 3.54. The van der Waals surface area contributed by atoms with Gasteiger partial charge in [0, 0.05) is 22.6 Å². The number of benzene rings is 1. The van der Waals surface area contributed by atoms with Gasteiger partial charge in [0.1, 0.15) is 6.04 Å². The molecule has 110 valence electrons. The second-order valence-corrected chi connectivity index (χ2v) is 6.68. The van der Waals surface area contributed by atoms with Crippen LogP contribution in [0.25, 0.3) is 0 Å². The predicted molar refractivity (Wildman–Crippen MR) is 81.8 cm³/mol. The number of nitrogens with two attached hydrogens (primary N) is 1. The summed E-state index contributed by atoms with van der Waals surface area (Å²) in [6.07, 6.45) is 0.315. The minimum atomic E-state index is -1.03. The molecular weight excluding hydrogens is 276 g/mol. The molecule has 0 heterocycles. The molecule has 0 aliphatic carbocycles. The molecule has 1 rings (SSSR count). The first kappa shape index (κ1) is 16.5. The minimum absolute atomic E-state index is 0.0941. The molecule has 1 amide bonds. The summed E-state index contributed by atoms with van der Waals surface area (Å²) >= 11 is 1.39. The first-order chi connectivity index (χ1) is 9.33. The highest BCUT2D eigenvalue weighted by molar-refractivity contribution is 8.00. The predicted octanol–water partition coefficient (Wildman–Crippen LogP) is 1.94. The molecule has 0 aliphatic rings. The smallest absolute Gasteiger partial charge is 0.321 e. The number of carboxylic acid groups (broad SMARTS) is 1. The van der Waals surface area contributed by atoms with Crippen molar-refractivity contribution < 1.29 is 14.7 Å². The van der Waals surface area contributed by atoms with Gasteiger partial charge in [-0.25, -0.2) is 0 Å². The number of anilines is 1. The number of aliphatic carboxylic acids is 1. The summed E-state index contributed by atoms with van der Waals surface area (Å²) in [7, 11) is 0. The van der Waals surface area contributed by atoms with Crippen LogP contribution in [0.4, 0.5) is 5.69 Å². The molecule has 5 nitrogen and oxygen atoms in total. The van der Waals surface area contributed by atoms with Crippen LogP contribution in [0.2, 0.25) is 0 Å². The van der Waals surface area contributed by atoms with Crippen molar-refractivity contribution in [2.45, 2.75) is 31.1 Å². The Kier molecular flexibility index (Phi) is 6.04. The summed E-state index contributed by atoms with van der Waals surface area (Å²) in [5, 5.41) is 11.7. The molecule has 0 radical (unpaired) electrons. The van der Waals surface area contributed by atoms with Gasteiger partial charge in [0.25, 0.3) is 0 Å². The zero-order valence-corrected chi connectivity index (χ0v) is 12.4. The number of rotatable bonds is 7. The Morgan fingerprint density at radius 2 is 1.95 bits per heavy atom. The van der Waals surface area contributed by atoms with Crippen molar-refractivity contribution in [1.82, 2.24) is 0 Å². The lowest BCUT2D eigenvalue weighted by atomic mass is 10.1. The first-order valence-corrected chi connectivity index (χ1v) is 7.29. The lowest BCUT2D eigenvalue weighted by Gasteiger charge is -2.27. The summed E-state index contributed by atoms with van der Waals surface area (Å²) in [6, 6.07) is 8.25. The van der Waals surface area contributed by atoms with Crippen LogP contribution in [0.5, 0.6) is 0 Å². The van der Waals surface area contributed by atoms with Crippen LogP contribution in [-0.2, 0) is 9.59 Å². The van der Waals surface area contributed by atoms with Gasteiger partial charge < -0.3 is 16.2 Å². The van der Waals surface area contributed by atoms with Crippen LogP contribution in [0.3, 0.4) is 0 Å². The van der Waals surface area contributed by atoms with Gasteiger partial charge >= 0.3 is 5.97 Å². The van der Waals surface area contributed by atoms with Gasteiger partial charge in [-0.1, -0.05) is 18.2 Å². The number of carbonyl (C=O) groups excluding carboxylic acids is 1. The van der Waals surface area contributed by atoms with Gasteiger partial charge in [-0.15, -0.1) is 0 Å². The van der Waals surface area contributed by atoms with Crippen molar-refractivity contribution in [1.29, 1.82) is 0 Å². The normalized spacial score (nSPS) is 12.8. The molecule has 0 aliphatic heterocycles. The maximum absolute atomic E-state index is 11.7. The number of para-hydroxylation sites is 1. The molecule has 20 heavy (non-hydrogen) atoms. The maximum atomic E-state index is 11.7. The molecular formula is C14H20N2O3S. The van der Waals surface area contributed by atoms with Crippen molar-refractivity contribution in [2.24, 2.45) is 5.73 Å². The molecule has 0 unspecified atom stereocenters. The van der Waals surface area contributed by atoms with Crippen LogP contribution in [-0.4, -0.2) is 33.5 Å². The summed E-state index contributed by atoms with van der Waals surface area (Å²) in [5.74, 6) is -0.605. The van der Waals surface area contributed by atoms with E-state index in [1.807, 2.05) is 30.3 Å². The van der Waals surface area contributed by atoms with Gasteiger partial charge in [0.15, 0.2) is 0 Å². The minimum Gasteiger partial charge on any atom is -0.480 e. The Balaban J connectivity index is 2.37. The van der Waals surface area contributed by atoms with E-state index in [1.54, 1.807) is 13.8 Å². The monoisotopic (exact) mass is 296 g/mol. The third-order valence-corrected chi connectivity index (χ3v) is 4.28. The lowest BCUT2D eigenvalue weighted by Crippen LogP contribution is -2.46. The zero-order valence-electron chi connectivity index (χ0n) is 11.6. The molecule has 6 heteroatoms.